The first-order valence-corrected chi connectivity index (χ1v) is 8.97. The van der Waals surface area contributed by atoms with Gasteiger partial charge < -0.3 is 10.1 Å². The van der Waals surface area contributed by atoms with Gasteiger partial charge in [0.25, 0.3) is 0 Å². The third kappa shape index (κ3) is 3.00. The molecule has 4 heterocycles. The van der Waals surface area contributed by atoms with Gasteiger partial charge in [0.1, 0.15) is 12.1 Å². The van der Waals surface area contributed by atoms with Crippen molar-refractivity contribution in [2.75, 3.05) is 38.2 Å². The average molecular weight is 344 g/mol. The van der Waals surface area contributed by atoms with Crippen LogP contribution < -0.4 is 5.32 Å². The molecule has 126 valence electrons. The summed E-state index contributed by atoms with van der Waals surface area (Å²) in [5.74, 6) is 0.835. The number of hydrogen-bond acceptors (Lipinski definition) is 7. The molecular weight excluding hydrogens is 324 g/mol. The second kappa shape index (κ2) is 6.84. The van der Waals surface area contributed by atoms with E-state index in [0.29, 0.717) is 6.04 Å². The molecule has 1 aliphatic heterocycles. The average Bonchev–Trinajstić information content (AvgIpc) is 3.27. The van der Waals surface area contributed by atoms with Crippen LogP contribution in [0.25, 0.3) is 11.0 Å². The first-order chi connectivity index (χ1) is 11.8. The standard InChI is InChI=1S/C16H20N6OS/c1-21-16-13(8-20-21)15(18-11-19-16)17-9-14(12-2-7-24-10-12)22-3-5-23-6-4-22/h2,7-8,10-11,14H,3-6,9H2,1H3,(H,17,18,19). The van der Waals surface area contributed by atoms with Crippen molar-refractivity contribution in [3.63, 3.8) is 0 Å². The number of aryl methyl sites for hydroxylation is 1. The summed E-state index contributed by atoms with van der Waals surface area (Å²) in [5.41, 5.74) is 2.18. The van der Waals surface area contributed by atoms with Gasteiger partial charge in [-0.1, -0.05) is 0 Å². The number of aromatic nitrogens is 4. The van der Waals surface area contributed by atoms with Crippen molar-refractivity contribution < 1.29 is 4.74 Å². The van der Waals surface area contributed by atoms with E-state index in [1.807, 2.05) is 13.2 Å². The molecule has 1 atom stereocenters. The molecule has 0 saturated carbocycles. The van der Waals surface area contributed by atoms with Gasteiger partial charge in [-0.05, 0) is 22.4 Å². The Morgan fingerprint density at radius 1 is 1.33 bits per heavy atom. The zero-order valence-electron chi connectivity index (χ0n) is 13.6. The molecule has 0 radical (unpaired) electrons. The van der Waals surface area contributed by atoms with Crippen molar-refractivity contribution in [2.24, 2.45) is 7.05 Å². The Labute approximate surface area is 144 Å². The number of rotatable bonds is 5. The number of nitrogens with zero attached hydrogens (tertiary/aromatic N) is 5. The molecule has 1 N–H and O–H groups in total. The molecule has 1 aliphatic rings. The van der Waals surface area contributed by atoms with Gasteiger partial charge in [-0.15, -0.1) is 0 Å². The van der Waals surface area contributed by atoms with Gasteiger partial charge in [0.15, 0.2) is 5.65 Å². The number of ether oxygens (including phenoxy) is 1. The molecule has 0 aromatic carbocycles. The molecular formula is C16H20N6OS. The second-order valence-electron chi connectivity index (χ2n) is 5.83. The topological polar surface area (TPSA) is 68.1 Å². The Bertz CT molecular complexity index is 796. The summed E-state index contributed by atoms with van der Waals surface area (Å²) >= 11 is 1.73. The van der Waals surface area contributed by atoms with E-state index in [1.54, 1.807) is 22.3 Å². The normalized spacial score (nSPS) is 17.2. The van der Waals surface area contributed by atoms with Crippen molar-refractivity contribution in [3.8, 4) is 0 Å². The maximum absolute atomic E-state index is 5.50. The third-order valence-electron chi connectivity index (χ3n) is 4.41. The van der Waals surface area contributed by atoms with Crippen LogP contribution in [0.3, 0.4) is 0 Å². The Balaban J connectivity index is 1.56. The van der Waals surface area contributed by atoms with Gasteiger partial charge in [0, 0.05) is 26.7 Å². The van der Waals surface area contributed by atoms with Gasteiger partial charge in [-0.25, -0.2) is 9.97 Å². The molecule has 7 nitrogen and oxygen atoms in total. The highest BCUT2D eigenvalue weighted by Gasteiger charge is 2.23. The van der Waals surface area contributed by atoms with Gasteiger partial charge in [-0.3, -0.25) is 9.58 Å². The molecule has 0 bridgehead atoms. The highest BCUT2D eigenvalue weighted by atomic mass is 32.1. The van der Waals surface area contributed by atoms with Crippen LogP contribution in [0.5, 0.6) is 0 Å². The van der Waals surface area contributed by atoms with Crippen LogP contribution in [-0.4, -0.2) is 57.5 Å². The van der Waals surface area contributed by atoms with E-state index in [2.05, 4.69) is 42.1 Å². The molecule has 4 rings (SSSR count). The fraction of sp³-hybridized carbons (Fsp3) is 0.438. The smallest absolute Gasteiger partial charge is 0.163 e. The van der Waals surface area contributed by atoms with Crippen LogP contribution in [0.15, 0.2) is 29.4 Å². The Morgan fingerprint density at radius 3 is 3.00 bits per heavy atom. The monoisotopic (exact) mass is 344 g/mol. The number of anilines is 1. The van der Waals surface area contributed by atoms with Crippen molar-refractivity contribution in [2.45, 2.75) is 6.04 Å². The summed E-state index contributed by atoms with van der Waals surface area (Å²) in [6.07, 6.45) is 3.40. The molecule has 0 aliphatic carbocycles. The number of fused-ring (bicyclic) bond motifs is 1. The van der Waals surface area contributed by atoms with Crippen LogP contribution in [0, 0.1) is 0 Å². The Hall–Kier alpha value is -2.03. The molecule has 3 aromatic heterocycles. The maximum Gasteiger partial charge on any atom is 0.163 e. The molecule has 1 saturated heterocycles. The number of thiophene rings is 1. The highest BCUT2D eigenvalue weighted by Crippen LogP contribution is 2.25. The number of hydrogen-bond donors (Lipinski definition) is 1. The molecule has 8 heteroatoms. The van der Waals surface area contributed by atoms with Gasteiger partial charge in [-0.2, -0.15) is 16.4 Å². The van der Waals surface area contributed by atoms with Crippen LogP contribution in [0.4, 0.5) is 5.82 Å². The van der Waals surface area contributed by atoms with Crippen LogP contribution in [0.2, 0.25) is 0 Å². The predicted octanol–water partition coefficient (Wildman–Crippen LogP) is 1.91. The quantitative estimate of drug-likeness (QED) is 0.763. The summed E-state index contributed by atoms with van der Waals surface area (Å²) < 4.78 is 7.26. The van der Waals surface area contributed by atoms with E-state index in [4.69, 9.17) is 4.74 Å². The zero-order valence-corrected chi connectivity index (χ0v) is 14.4. The Morgan fingerprint density at radius 2 is 2.21 bits per heavy atom. The molecule has 1 fully saturated rings. The fourth-order valence-corrected chi connectivity index (χ4v) is 3.81. The number of morpholine rings is 1. The van der Waals surface area contributed by atoms with E-state index in [9.17, 15) is 0 Å². The first kappa shape index (κ1) is 15.5. The van der Waals surface area contributed by atoms with E-state index in [1.165, 1.54) is 5.56 Å². The van der Waals surface area contributed by atoms with Crippen molar-refractivity contribution in [1.29, 1.82) is 0 Å². The zero-order chi connectivity index (χ0) is 16.4. The van der Waals surface area contributed by atoms with Gasteiger partial charge >= 0.3 is 0 Å². The lowest BCUT2D eigenvalue weighted by Gasteiger charge is -2.34. The lowest BCUT2D eigenvalue weighted by molar-refractivity contribution is 0.0188. The van der Waals surface area contributed by atoms with E-state index >= 15 is 0 Å². The van der Waals surface area contributed by atoms with Crippen molar-refractivity contribution >= 4 is 28.2 Å². The molecule has 1 unspecified atom stereocenters. The summed E-state index contributed by atoms with van der Waals surface area (Å²) in [4.78, 5) is 11.2. The summed E-state index contributed by atoms with van der Waals surface area (Å²) in [6.45, 7) is 4.28. The summed E-state index contributed by atoms with van der Waals surface area (Å²) in [6, 6.07) is 2.51. The second-order valence-corrected chi connectivity index (χ2v) is 6.61. The van der Waals surface area contributed by atoms with Gasteiger partial charge in [0.2, 0.25) is 0 Å². The minimum Gasteiger partial charge on any atom is -0.379 e. The van der Waals surface area contributed by atoms with E-state index in [0.717, 1.165) is 49.7 Å². The van der Waals surface area contributed by atoms with Crippen LogP contribution in [0.1, 0.15) is 11.6 Å². The van der Waals surface area contributed by atoms with E-state index in [-0.39, 0.29) is 0 Å². The van der Waals surface area contributed by atoms with Crippen molar-refractivity contribution in [3.05, 3.63) is 34.9 Å². The maximum atomic E-state index is 5.50. The minimum atomic E-state index is 0.307. The molecule has 0 amide bonds. The molecule has 3 aromatic rings. The van der Waals surface area contributed by atoms with Crippen LogP contribution >= 0.6 is 11.3 Å². The third-order valence-corrected chi connectivity index (χ3v) is 5.11. The van der Waals surface area contributed by atoms with E-state index < -0.39 is 0 Å². The summed E-state index contributed by atoms with van der Waals surface area (Å²) in [5, 5.41) is 13.1. The van der Waals surface area contributed by atoms with Crippen LogP contribution in [-0.2, 0) is 11.8 Å². The molecule has 24 heavy (non-hydrogen) atoms. The fourth-order valence-electron chi connectivity index (χ4n) is 3.11. The number of nitrogens with one attached hydrogen (secondary N) is 1. The largest absolute Gasteiger partial charge is 0.379 e. The first-order valence-electron chi connectivity index (χ1n) is 8.03. The minimum absolute atomic E-state index is 0.307. The predicted molar refractivity (Wildman–Crippen MR) is 94.2 cm³/mol. The summed E-state index contributed by atoms with van der Waals surface area (Å²) in [7, 11) is 1.89. The molecule has 0 spiro atoms. The highest BCUT2D eigenvalue weighted by molar-refractivity contribution is 7.07. The SMILES string of the molecule is Cn1ncc2c(NCC(c3ccsc3)N3CCOCC3)ncnc21. The van der Waals surface area contributed by atoms with Gasteiger partial charge in [0.05, 0.1) is 30.8 Å². The lowest BCUT2D eigenvalue weighted by Crippen LogP contribution is -2.41. The van der Waals surface area contributed by atoms with Crippen molar-refractivity contribution in [1.82, 2.24) is 24.6 Å². The Kier molecular flexibility index (Phi) is 4.42. The lowest BCUT2D eigenvalue weighted by atomic mass is 10.1.